The lowest BCUT2D eigenvalue weighted by Gasteiger charge is -2.41. The highest BCUT2D eigenvalue weighted by Crippen LogP contribution is 2.28. The fourth-order valence-corrected chi connectivity index (χ4v) is 3.71. The second-order valence-electron chi connectivity index (χ2n) is 7.27. The van der Waals surface area contributed by atoms with Gasteiger partial charge in [0.05, 0.1) is 16.7 Å². The first-order valence-corrected chi connectivity index (χ1v) is 8.66. The molecule has 6 nitrogen and oxygen atoms in total. The fourth-order valence-electron chi connectivity index (χ4n) is 3.71. The van der Waals surface area contributed by atoms with E-state index >= 15 is 0 Å². The number of amides is 3. The smallest absolute Gasteiger partial charge is 0.261 e. The van der Waals surface area contributed by atoms with Crippen LogP contribution in [0.25, 0.3) is 0 Å². The molecule has 25 heavy (non-hydrogen) atoms. The summed E-state index contributed by atoms with van der Waals surface area (Å²) in [5.74, 6) is -0.605. The average molecular weight is 344 g/mol. The van der Waals surface area contributed by atoms with E-state index in [0.717, 1.165) is 12.8 Å². The minimum atomic E-state index is -0.281. The van der Waals surface area contributed by atoms with Crippen LogP contribution in [0, 0.1) is 0 Å². The zero-order valence-electron chi connectivity index (χ0n) is 14.9. The summed E-state index contributed by atoms with van der Waals surface area (Å²) in [6.07, 6.45) is 1.51. The Balaban J connectivity index is 1.70. The van der Waals surface area contributed by atoms with Crippen LogP contribution in [0.5, 0.6) is 0 Å². The average Bonchev–Trinajstić information content (AvgIpc) is 2.79. The van der Waals surface area contributed by atoms with E-state index in [1.54, 1.807) is 29.2 Å². The molecule has 0 bridgehead atoms. The molecule has 1 aromatic carbocycles. The summed E-state index contributed by atoms with van der Waals surface area (Å²) in [5.41, 5.74) is 0.606. The maximum Gasteiger partial charge on any atom is 0.261 e. The molecule has 0 radical (unpaired) electrons. The summed E-state index contributed by atoms with van der Waals surface area (Å²) in [5, 5.41) is 0. The van der Waals surface area contributed by atoms with Gasteiger partial charge in [0, 0.05) is 32.7 Å². The van der Waals surface area contributed by atoms with E-state index in [9.17, 15) is 14.4 Å². The van der Waals surface area contributed by atoms with Gasteiger partial charge in [-0.3, -0.25) is 19.3 Å². The Bertz CT molecular complexity index is 678. The number of ether oxygens (including phenoxy) is 1. The van der Waals surface area contributed by atoms with Crippen molar-refractivity contribution in [1.29, 1.82) is 0 Å². The quantitative estimate of drug-likeness (QED) is 0.785. The number of hydrogen-bond acceptors (Lipinski definition) is 4. The van der Waals surface area contributed by atoms with Crippen molar-refractivity contribution in [3.8, 4) is 0 Å². The van der Waals surface area contributed by atoms with Crippen LogP contribution in [0.3, 0.4) is 0 Å². The van der Waals surface area contributed by atoms with Crippen molar-refractivity contribution in [1.82, 2.24) is 9.80 Å². The Hall–Kier alpha value is -2.21. The summed E-state index contributed by atoms with van der Waals surface area (Å²) in [4.78, 5) is 40.1. The lowest BCUT2D eigenvalue weighted by atomic mass is 9.92. The van der Waals surface area contributed by atoms with Crippen molar-refractivity contribution >= 4 is 17.7 Å². The van der Waals surface area contributed by atoms with Gasteiger partial charge in [0.2, 0.25) is 5.91 Å². The normalized spacial score (nSPS) is 22.0. The summed E-state index contributed by atoms with van der Waals surface area (Å²) in [7, 11) is 0. The SMILES string of the molecule is CC(=O)N(CCN1C(=O)c2ccccc2C1=O)[C@@H]1CCOC(C)(C)C1. The third-order valence-corrected chi connectivity index (χ3v) is 4.96. The molecule has 0 N–H and O–H groups in total. The molecule has 1 fully saturated rings. The Labute approximate surface area is 147 Å². The highest BCUT2D eigenvalue weighted by molar-refractivity contribution is 6.21. The molecule has 1 saturated heterocycles. The first kappa shape index (κ1) is 17.6. The topological polar surface area (TPSA) is 66.9 Å². The van der Waals surface area contributed by atoms with Crippen LogP contribution < -0.4 is 0 Å². The van der Waals surface area contributed by atoms with Crippen LogP contribution >= 0.6 is 0 Å². The van der Waals surface area contributed by atoms with Gasteiger partial charge in [0.1, 0.15) is 0 Å². The van der Waals surface area contributed by atoms with Crippen LogP contribution in [-0.4, -0.2) is 58.9 Å². The highest BCUT2D eigenvalue weighted by atomic mass is 16.5. The van der Waals surface area contributed by atoms with Gasteiger partial charge in [-0.1, -0.05) is 12.1 Å². The van der Waals surface area contributed by atoms with Crippen molar-refractivity contribution in [2.45, 2.75) is 45.3 Å². The van der Waals surface area contributed by atoms with E-state index in [2.05, 4.69) is 0 Å². The number of benzene rings is 1. The predicted octanol–water partition coefficient (Wildman–Crippen LogP) is 2.09. The number of rotatable bonds is 4. The molecule has 3 amide bonds. The van der Waals surface area contributed by atoms with Crippen LogP contribution in [0.15, 0.2) is 24.3 Å². The van der Waals surface area contributed by atoms with E-state index in [0.29, 0.717) is 24.3 Å². The number of nitrogens with zero attached hydrogens (tertiary/aromatic N) is 2. The maximum atomic E-state index is 12.5. The van der Waals surface area contributed by atoms with Crippen LogP contribution in [0.4, 0.5) is 0 Å². The summed E-state index contributed by atoms with van der Waals surface area (Å²) < 4.78 is 5.72. The van der Waals surface area contributed by atoms with E-state index < -0.39 is 0 Å². The second-order valence-corrected chi connectivity index (χ2v) is 7.27. The fraction of sp³-hybridized carbons (Fsp3) is 0.526. The first-order chi connectivity index (χ1) is 11.8. The van der Waals surface area contributed by atoms with Crippen molar-refractivity contribution in [3.63, 3.8) is 0 Å². The number of imide groups is 1. The van der Waals surface area contributed by atoms with Crippen LogP contribution in [-0.2, 0) is 9.53 Å². The van der Waals surface area contributed by atoms with E-state index in [1.807, 2.05) is 13.8 Å². The molecule has 0 aliphatic carbocycles. The lowest BCUT2D eigenvalue weighted by molar-refractivity contribution is -0.138. The molecular formula is C19H24N2O4. The van der Waals surface area contributed by atoms with Gasteiger partial charge in [-0.25, -0.2) is 0 Å². The summed E-state index contributed by atoms with van der Waals surface area (Å²) in [6.45, 7) is 6.73. The van der Waals surface area contributed by atoms with Crippen LogP contribution in [0.1, 0.15) is 54.3 Å². The standard InChI is InChI=1S/C19H24N2O4/c1-13(22)20(14-8-11-25-19(2,3)12-14)9-10-21-17(23)15-6-4-5-7-16(15)18(21)24/h4-7,14H,8-12H2,1-3H3/t14-/m1/s1. The summed E-state index contributed by atoms with van der Waals surface area (Å²) >= 11 is 0. The van der Waals surface area contributed by atoms with Crippen molar-refractivity contribution in [2.75, 3.05) is 19.7 Å². The molecule has 0 aromatic heterocycles. The Kier molecular flexibility index (Phi) is 4.64. The number of hydrogen-bond donors (Lipinski definition) is 0. The molecule has 1 aromatic rings. The maximum absolute atomic E-state index is 12.5. The van der Waals surface area contributed by atoms with Gasteiger partial charge in [0.25, 0.3) is 11.8 Å². The molecule has 0 unspecified atom stereocenters. The van der Waals surface area contributed by atoms with Gasteiger partial charge >= 0.3 is 0 Å². The molecule has 0 saturated carbocycles. The van der Waals surface area contributed by atoms with Gasteiger partial charge in [-0.05, 0) is 38.8 Å². The van der Waals surface area contributed by atoms with Gasteiger partial charge in [-0.2, -0.15) is 0 Å². The molecule has 6 heteroatoms. The zero-order chi connectivity index (χ0) is 18.2. The lowest BCUT2D eigenvalue weighted by Crippen LogP contribution is -2.50. The van der Waals surface area contributed by atoms with E-state index in [4.69, 9.17) is 4.74 Å². The Morgan fingerprint density at radius 3 is 2.36 bits per heavy atom. The molecule has 134 valence electrons. The Morgan fingerprint density at radius 1 is 1.24 bits per heavy atom. The zero-order valence-corrected chi connectivity index (χ0v) is 14.9. The van der Waals surface area contributed by atoms with Gasteiger partial charge in [-0.15, -0.1) is 0 Å². The second kappa shape index (κ2) is 6.59. The molecule has 2 heterocycles. The van der Waals surface area contributed by atoms with Crippen molar-refractivity contribution in [3.05, 3.63) is 35.4 Å². The largest absolute Gasteiger partial charge is 0.375 e. The predicted molar refractivity (Wildman–Crippen MR) is 92.2 cm³/mol. The summed E-state index contributed by atoms with van der Waals surface area (Å²) in [6, 6.07) is 6.90. The van der Waals surface area contributed by atoms with Crippen molar-refractivity contribution < 1.29 is 19.1 Å². The van der Waals surface area contributed by atoms with Gasteiger partial charge < -0.3 is 9.64 Å². The molecule has 0 spiro atoms. The number of fused-ring (bicyclic) bond motifs is 1. The number of carbonyl (C=O) groups is 3. The molecule has 2 aliphatic rings. The van der Waals surface area contributed by atoms with Crippen LogP contribution in [0.2, 0.25) is 0 Å². The minimum absolute atomic E-state index is 0.0423. The number of carbonyl (C=O) groups excluding carboxylic acids is 3. The third kappa shape index (κ3) is 3.44. The van der Waals surface area contributed by atoms with Gasteiger partial charge in [0.15, 0.2) is 0 Å². The minimum Gasteiger partial charge on any atom is -0.375 e. The first-order valence-electron chi connectivity index (χ1n) is 8.66. The monoisotopic (exact) mass is 344 g/mol. The van der Waals surface area contributed by atoms with E-state index in [-0.39, 0.29) is 35.9 Å². The third-order valence-electron chi connectivity index (χ3n) is 4.96. The highest BCUT2D eigenvalue weighted by Gasteiger charge is 2.37. The molecule has 1 atom stereocenters. The Morgan fingerprint density at radius 2 is 1.84 bits per heavy atom. The molecule has 3 rings (SSSR count). The molecular weight excluding hydrogens is 320 g/mol. The van der Waals surface area contributed by atoms with Crippen molar-refractivity contribution in [2.24, 2.45) is 0 Å². The molecule has 2 aliphatic heterocycles. The van der Waals surface area contributed by atoms with E-state index in [1.165, 1.54) is 11.8 Å².